The number of alkyl carbamates (subject to hydrolysis) is 1. The van der Waals surface area contributed by atoms with Crippen molar-refractivity contribution in [3.05, 3.63) is 0 Å². The van der Waals surface area contributed by atoms with Crippen LogP contribution in [0.1, 0.15) is 81.1 Å². The lowest BCUT2D eigenvalue weighted by Gasteiger charge is -2.46. The number of amides is 1. The lowest BCUT2D eigenvalue weighted by molar-refractivity contribution is 0.0260. The maximum Gasteiger partial charge on any atom is 0.407 e. The minimum atomic E-state index is -0.428. The van der Waals surface area contributed by atoms with Gasteiger partial charge in [0.2, 0.25) is 0 Å². The summed E-state index contributed by atoms with van der Waals surface area (Å²) in [7, 11) is 0. The van der Waals surface area contributed by atoms with Crippen molar-refractivity contribution in [3.8, 4) is 0 Å². The molecule has 1 saturated heterocycles. The number of likely N-dealkylation sites (tertiary alicyclic amines) is 1. The highest BCUT2D eigenvalue weighted by molar-refractivity contribution is 5.67. The number of carbonyl (C=O) groups excluding carboxylic acids is 1. The molecule has 1 rings (SSSR count). The van der Waals surface area contributed by atoms with E-state index in [1.165, 1.54) is 12.8 Å². The zero-order valence-electron chi connectivity index (χ0n) is 15.9. The van der Waals surface area contributed by atoms with Crippen molar-refractivity contribution in [2.45, 2.75) is 104 Å². The zero-order chi connectivity index (χ0) is 17.2. The first-order valence-corrected chi connectivity index (χ1v) is 8.59. The van der Waals surface area contributed by atoms with Gasteiger partial charge in [0, 0.05) is 23.7 Å². The third kappa shape index (κ3) is 5.79. The smallest absolute Gasteiger partial charge is 0.407 e. The predicted molar refractivity (Wildman–Crippen MR) is 92.2 cm³/mol. The van der Waals surface area contributed by atoms with Crippen molar-refractivity contribution in [3.63, 3.8) is 0 Å². The van der Waals surface area contributed by atoms with E-state index in [9.17, 15) is 4.79 Å². The molecule has 0 spiro atoms. The average Bonchev–Trinajstić information content (AvgIpc) is 2.57. The largest absolute Gasteiger partial charge is 0.444 e. The van der Waals surface area contributed by atoms with E-state index < -0.39 is 5.60 Å². The van der Waals surface area contributed by atoms with Crippen molar-refractivity contribution in [1.82, 2.24) is 10.2 Å². The first-order chi connectivity index (χ1) is 9.83. The third-order valence-electron chi connectivity index (χ3n) is 4.21. The Kier molecular flexibility index (Phi) is 5.94. The molecule has 0 aromatic heterocycles. The van der Waals surface area contributed by atoms with Gasteiger partial charge in [0.05, 0.1) is 0 Å². The van der Waals surface area contributed by atoms with Gasteiger partial charge in [-0.05, 0) is 81.1 Å². The number of hydrogen-bond acceptors (Lipinski definition) is 3. The summed E-state index contributed by atoms with van der Waals surface area (Å²) in [6.45, 7) is 17.9. The van der Waals surface area contributed by atoms with Crippen LogP contribution in [0.25, 0.3) is 0 Å². The van der Waals surface area contributed by atoms with Crippen LogP contribution in [-0.2, 0) is 4.74 Å². The Morgan fingerprint density at radius 1 is 1.23 bits per heavy atom. The van der Waals surface area contributed by atoms with Gasteiger partial charge in [-0.15, -0.1) is 0 Å². The van der Waals surface area contributed by atoms with E-state index in [0.717, 1.165) is 12.8 Å². The van der Waals surface area contributed by atoms with E-state index in [1.54, 1.807) is 0 Å². The minimum Gasteiger partial charge on any atom is -0.444 e. The highest BCUT2D eigenvalue weighted by Gasteiger charge is 2.44. The lowest BCUT2D eigenvalue weighted by atomic mass is 9.95. The van der Waals surface area contributed by atoms with E-state index in [2.05, 4.69) is 44.8 Å². The maximum absolute atomic E-state index is 11.6. The van der Waals surface area contributed by atoms with Crippen molar-refractivity contribution in [1.29, 1.82) is 0 Å². The summed E-state index contributed by atoms with van der Waals surface area (Å²) in [6, 6.07) is 0.607. The molecule has 1 heterocycles. The highest BCUT2D eigenvalue weighted by atomic mass is 16.6. The SMILES string of the molecule is CC(C)(C)OC(=O)NCCCC1CCC(C)(C)N1C(C)(C)C. The number of carbonyl (C=O) groups is 1. The second-order valence-corrected chi connectivity index (χ2v) is 9.12. The van der Waals surface area contributed by atoms with E-state index in [4.69, 9.17) is 4.74 Å². The monoisotopic (exact) mass is 312 g/mol. The van der Waals surface area contributed by atoms with E-state index >= 15 is 0 Å². The van der Waals surface area contributed by atoms with Crippen LogP contribution in [0.2, 0.25) is 0 Å². The van der Waals surface area contributed by atoms with E-state index in [0.29, 0.717) is 12.6 Å². The van der Waals surface area contributed by atoms with Crippen molar-refractivity contribution in [2.24, 2.45) is 0 Å². The molecule has 1 amide bonds. The Balaban J connectivity index is 2.40. The highest BCUT2D eigenvalue weighted by Crippen LogP contribution is 2.40. The van der Waals surface area contributed by atoms with E-state index in [1.807, 2.05) is 20.8 Å². The average molecular weight is 312 g/mol. The van der Waals surface area contributed by atoms with Crippen LogP contribution in [-0.4, -0.2) is 40.3 Å². The van der Waals surface area contributed by atoms with Crippen LogP contribution in [0.15, 0.2) is 0 Å². The Hall–Kier alpha value is -0.770. The topological polar surface area (TPSA) is 41.6 Å². The van der Waals surface area contributed by atoms with Crippen LogP contribution in [0, 0.1) is 0 Å². The third-order valence-corrected chi connectivity index (χ3v) is 4.21. The van der Waals surface area contributed by atoms with Gasteiger partial charge in [-0.25, -0.2) is 4.79 Å². The molecule has 0 bridgehead atoms. The fourth-order valence-electron chi connectivity index (χ4n) is 3.84. The van der Waals surface area contributed by atoms with Gasteiger partial charge in [0.25, 0.3) is 0 Å². The summed E-state index contributed by atoms with van der Waals surface area (Å²) in [5.41, 5.74) is 0.0212. The second kappa shape index (κ2) is 6.77. The summed E-state index contributed by atoms with van der Waals surface area (Å²) in [6.07, 6.45) is 4.29. The molecular formula is C18H36N2O2. The quantitative estimate of drug-likeness (QED) is 0.785. The minimum absolute atomic E-state index is 0.184. The molecule has 1 fully saturated rings. The molecule has 0 aliphatic carbocycles. The lowest BCUT2D eigenvalue weighted by Crippen LogP contribution is -2.53. The van der Waals surface area contributed by atoms with Crippen LogP contribution < -0.4 is 5.32 Å². The Labute approximate surface area is 137 Å². The number of ether oxygens (including phenoxy) is 1. The van der Waals surface area contributed by atoms with Crippen LogP contribution in [0.4, 0.5) is 4.79 Å². The van der Waals surface area contributed by atoms with Crippen LogP contribution in [0.3, 0.4) is 0 Å². The summed E-state index contributed by atoms with van der Waals surface area (Å²) in [5.74, 6) is 0. The summed E-state index contributed by atoms with van der Waals surface area (Å²) in [4.78, 5) is 14.3. The van der Waals surface area contributed by atoms with Crippen molar-refractivity contribution >= 4 is 6.09 Å². The molecule has 1 aliphatic heterocycles. The molecule has 4 nitrogen and oxygen atoms in total. The Morgan fingerprint density at radius 3 is 2.32 bits per heavy atom. The molecule has 1 atom stereocenters. The van der Waals surface area contributed by atoms with Gasteiger partial charge in [-0.3, -0.25) is 4.90 Å². The summed E-state index contributed by atoms with van der Waals surface area (Å²) in [5, 5.41) is 2.86. The predicted octanol–water partition coefficient (Wildman–Crippen LogP) is 4.33. The van der Waals surface area contributed by atoms with Gasteiger partial charge in [-0.1, -0.05) is 0 Å². The Bertz CT molecular complexity index is 378. The van der Waals surface area contributed by atoms with Gasteiger partial charge >= 0.3 is 6.09 Å². The van der Waals surface area contributed by atoms with Crippen molar-refractivity contribution in [2.75, 3.05) is 6.54 Å². The van der Waals surface area contributed by atoms with Gasteiger partial charge < -0.3 is 10.1 Å². The molecule has 0 saturated carbocycles. The maximum atomic E-state index is 11.6. The molecule has 1 N–H and O–H groups in total. The molecule has 0 aromatic carbocycles. The summed E-state index contributed by atoms with van der Waals surface area (Å²) < 4.78 is 5.26. The second-order valence-electron chi connectivity index (χ2n) is 9.12. The van der Waals surface area contributed by atoms with Gasteiger partial charge in [-0.2, -0.15) is 0 Å². The number of hydrogen-bond donors (Lipinski definition) is 1. The molecule has 0 aromatic rings. The van der Waals surface area contributed by atoms with Gasteiger partial charge in [0.1, 0.15) is 5.60 Å². The number of nitrogens with zero attached hydrogens (tertiary/aromatic N) is 1. The fraction of sp³-hybridized carbons (Fsp3) is 0.944. The molecule has 130 valence electrons. The molecule has 1 aliphatic rings. The van der Waals surface area contributed by atoms with Crippen molar-refractivity contribution < 1.29 is 9.53 Å². The first kappa shape index (κ1) is 19.3. The standard InChI is InChI=1S/C18H36N2O2/c1-16(2,3)20-14(11-12-18(20,7)8)10-9-13-19-15(21)22-17(4,5)6/h14H,9-13H2,1-8H3,(H,19,21). The molecule has 0 radical (unpaired) electrons. The normalized spacial score (nSPS) is 22.6. The van der Waals surface area contributed by atoms with E-state index in [-0.39, 0.29) is 17.2 Å². The fourth-order valence-corrected chi connectivity index (χ4v) is 3.84. The summed E-state index contributed by atoms with van der Waals surface area (Å²) >= 11 is 0. The molecule has 22 heavy (non-hydrogen) atoms. The van der Waals surface area contributed by atoms with Crippen LogP contribution in [0.5, 0.6) is 0 Å². The number of rotatable bonds is 4. The van der Waals surface area contributed by atoms with Gasteiger partial charge in [0.15, 0.2) is 0 Å². The number of nitrogens with one attached hydrogen (secondary N) is 1. The Morgan fingerprint density at radius 2 is 1.82 bits per heavy atom. The first-order valence-electron chi connectivity index (χ1n) is 8.59. The molecule has 1 unspecified atom stereocenters. The molecular weight excluding hydrogens is 276 g/mol. The zero-order valence-corrected chi connectivity index (χ0v) is 15.9. The molecule has 4 heteroatoms. The van der Waals surface area contributed by atoms with Crippen LogP contribution >= 0.6 is 0 Å².